The Morgan fingerprint density at radius 3 is 2.50 bits per heavy atom. The molecule has 1 N–H and O–H groups in total. The van der Waals surface area contributed by atoms with Crippen molar-refractivity contribution in [3.8, 4) is 0 Å². The van der Waals surface area contributed by atoms with Crippen molar-refractivity contribution in [2.24, 2.45) is 0 Å². The van der Waals surface area contributed by atoms with Crippen molar-refractivity contribution in [3.05, 3.63) is 0 Å². The molecule has 0 aromatic heterocycles. The van der Waals surface area contributed by atoms with E-state index in [1.165, 1.54) is 11.9 Å². The summed E-state index contributed by atoms with van der Waals surface area (Å²) in [6.07, 6.45) is -0.947. The highest BCUT2D eigenvalue weighted by Gasteiger charge is 2.46. The summed E-state index contributed by atoms with van der Waals surface area (Å²) in [5.74, 6) is -1.58. The summed E-state index contributed by atoms with van der Waals surface area (Å²) in [5.41, 5.74) is 0. The third-order valence-corrected chi connectivity index (χ3v) is 3.45. The summed E-state index contributed by atoms with van der Waals surface area (Å²) in [7, 11) is -2.25. The second kappa shape index (κ2) is 6.61. The molecule has 8 nitrogen and oxygen atoms in total. The van der Waals surface area contributed by atoms with E-state index in [9.17, 15) is 23.1 Å². The molecule has 9 heteroatoms. The van der Waals surface area contributed by atoms with Gasteiger partial charge in [-0.1, -0.05) is 6.92 Å². The van der Waals surface area contributed by atoms with Crippen LogP contribution in [0.25, 0.3) is 0 Å². The Balaban J connectivity index is 2.71. The van der Waals surface area contributed by atoms with Gasteiger partial charge in [0.15, 0.2) is 0 Å². The van der Waals surface area contributed by atoms with Crippen LogP contribution in [0.3, 0.4) is 0 Å². The topological polar surface area (TPSA) is 110 Å². The van der Waals surface area contributed by atoms with Gasteiger partial charge < -0.3 is 9.84 Å². The van der Waals surface area contributed by atoms with Crippen LogP contribution < -0.4 is 0 Å². The van der Waals surface area contributed by atoms with E-state index in [0.29, 0.717) is 6.42 Å². The van der Waals surface area contributed by atoms with E-state index >= 15 is 0 Å². The van der Waals surface area contributed by atoms with E-state index in [1.54, 1.807) is 6.92 Å². The number of aliphatic hydroxyl groups excluding tert-OH is 1. The Kier molecular flexibility index (Phi) is 5.63. The number of rotatable bonds is 5. The van der Waals surface area contributed by atoms with Crippen LogP contribution in [0.5, 0.6) is 0 Å². The van der Waals surface area contributed by atoms with Crippen LogP contribution in [0, 0.1) is 0 Å². The third kappa shape index (κ3) is 4.51. The minimum Gasteiger partial charge on any atom is -0.392 e. The van der Waals surface area contributed by atoms with Crippen molar-refractivity contribution in [2.75, 3.05) is 19.8 Å². The molecule has 0 bridgehead atoms. The Morgan fingerprint density at radius 2 is 2.00 bits per heavy atom. The minimum absolute atomic E-state index is 0.0377. The van der Waals surface area contributed by atoms with E-state index in [0.717, 1.165) is 6.26 Å². The monoisotopic (exact) mass is 309 g/mol. The first-order valence-electron chi connectivity index (χ1n) is 6.16. The van der Waals surface area contributed by atoms with Gasteiger partial charge in [-0.3, -0.25) is 13.9 Å². The molecule has 20 heavy (non-hydrogen) atoms. The number of aliphatic hydroxyl groups is 1. The number of esters is 2. The molecule has 0 radical (unpaired) electrons. The van der Waals surface area contributed by atoms with E-state index in [4.69, 9.17) is 4.18 Å². The molecule has 3 atom stereocenters. The lowest BCUT2D eigenvalue weighted by atomic mass is 10.1. The predicted molar refractivity (Wildman–Crippen MR) is 68.1 cm³/mol. The van der Waals surface area contributed by atoms with Crippen LogP contribution in [0.2, 0.25) is 0 Å². The standard InChI is InChI=1S/C11H19NO7S/c1-4-5-8(13)18-11(15)9-10(14)7(6-12(9)2)19-20(3,16)17/h7,9-10,14H,4-6H2,1-3H3/t7?,9-,10?/m0/s1. The normalized spacial score (nSPS) is 27.5. The number of carbonyl (C=O) groups excluding carboxylic acids is 2. The molecule has 0 aromatic carbocycles. The van der Waals surface area contributed by atoms with E-state index in [2.05, 4.69) is 4.74 Å². The average molecular weight is 309 g/mol. The maximum Gasteiger partial charge on any atom is 0.333 e. The van der Waals surface area contributed by atoms with E-state index < -0.39 is 40.3 Å². The molecular weight excluding hydrogens is 290 g/mol. The van der Waals surface area contributed by atoms with Gasteiger partial charge >= 0.3 is 11.9 Å². The quantitative estimate of drug-likeness (QED) is 0.386. The van der Waals surface area contributed by atoms with Gasteiger partial charge in [-0.15, -0.1) is 0 Å². The Morgan fingerprint density at radius 1 is 1.40 bits per heavy atom. The van der Waals surface area contributed by atoms with Gasteiger partial charge in [0, 0.05) is 13.0 Å². The molecule has 116 valence electrons. The molecule has 1 aliphatic rings. The molecule has 1 fully saturated rings. The zero-order valence-electron chi connectivity index (χ0n) is 11.6. The summed E-state index contributed by atoms with van der Waals surface area (Å²) in [6.45, 7) is 1.80. The third-order valence-electron chi connectivity index (χ3n) is 2.86. The minimum atomic E-state index is -3.75. The SMILES string of the molecule is CCCC(=O)OC(=O)[C@@H]1C(O)C(OS(C)(=O)=O)CN1C. The largest absolute Gasteiger partial charge is 0.392 e. The number of likely N-dealkylation sites (N-methyl/N-ethyl adjacent to an activating group) is 1. The highest BCUT2D eigenvalue weighted by molar-refractivity contribution is 7.86. The van der Waals surface area contributed by atoms with Crippen molar-refractivity contribution < 1.29 is 32.0 Å². The zero-order valence-corrected chi connectivity index (χ0v) is 12.4. The van der Waals surface area contributed by atoms with Gasteiger partial charge in [-0.2, -0.15) is 8.42 Å². The van der Waals surface area contributed by atoms with Gasteiger partial charge in [-0.05, 0) is 13.5 Å². The number of carbonyl (C=O) groups is 2. The molecule has 2 unspecified atom stereocenters. The lowest BCUT2D eigenvalue weighted by Crippen LogP contribution is -2.43. The molecule has 1 heterocycles. The lowest BCUT2D eigenvalue weighted by molar-refractivity contribution is -0.164. The average Bonchev–Trinajstić information content (AvgIpc) is 2.51. The van der Waals surface area contributed by atoms with Crippen molar-refractivity contribution >= 4 is 22.1 Å². The van der Waals surface area contributed by atoms with Gasteiger partial charge in [0.2, 0.25) is 0 Å². The number of nitrogens with zero attached hydrogens (tertiary/aromatic N) is 1. The molecule has 1 aliphatic heterocycles. The van der Waals surface area contributed by atoms with Gasteiger partial charge in [0.25, 0.3) is 10.1 Å². The van der Waals surface area contributed by atoms with Gasteiger partial charge in [-0.25, -0.2) is 4.79 Å². The molecule has 0 amide bonds. The Labute approximate surface area is 117 Å². The number of likely N-dealkylation sites (tertiary alicyclic amines) is 1. The highest BCUT2D eigenvalue weighted by atomic mass is 32.2. The molecule has 0 aliphatic carbocycles. The molecule has 0 aromatic rings. The van der Waals surface area contributed by atoms with E-state index in [1.807, 2.05) is 0 Å². The fraction of sp³-hybridized carbons (Fsp3) is 0.818. The van der Waals surface area contributed by atoms with Crippen LogP contribution in [0.1, 0.15) is 19.8 Å². The first-order chi connectivity index (χ1) is 9.15. The van der Waals surface area contributed by atoms with Crippen LogP contribution in [0.4, 0.5) is 0 Å². The number of ether oxygens (including phenoxy) is 1. The molecule has 0 saturated carbocycles. The van der Waals surface area contributed by atoms with Crippen LogP contribution in [-0.2, 0) is 28.6 Å². The second-order valence-corrected chi connectivity index (χ2v) is 6.36. The summed E-state index contributed by atoms with van der Waals surface area (Å²) in [5, 5.41) is 9.95. The second-order valence-electron chi connectivity index (χ2n) is 4.76. The zero-order chi connectivity index (χ0) is 15.5. The van der Waals surface area contributed by atoms with Crippen LogP contribution in [0.15, 0.2) is 0 Å². The maximum absolute atomic E-state index is 11.8. The van der Waals surface area contributed by atoms with Crippen molar-refractivity contribution in [3.63, 3.8) is 0 Å². The lowest BCUT2D eigenvalue weighted by Gasteiger charge is -2.19. The van der Waals surface area contributed by atoms with Crippen LogP contribution >= 0.6 is 0 Å². The van der Waals surface area contributed by atoms with Crippen molar-refractivity contribution in [1.82, 2.24) is 4.90 Å². The number of hydrogen-bond acceptors (Lipinski definition) is 8. The first kappa shape index (κ1) is 17.0. The maximum atomic E-state index is 11.8. The van der Waals surface area contributed by atoms with Gasteiger partial charge in [0.1, 0.15) is 18.2 Å². The molecule has 1 rings (SSSR count). The van der Waals surface area contributed by atoms with Crippen molar-refractivity contribution in [1.29, 1.82) is 0 Å². The Hall–Kier alpha value is -1.03. The smallest absolute Gasteiger partial charge is 0.333 e. The summed E-state index contributed by atoms with van der Waals surface area (Å²) in [6, 6.07) is -1.12. The highest BCUT2D eigenvalue weighted by Crippen LogP contribution is 2.22. The van der Waals surface area contributed by atoms with Crippen molar-refractivity contribution in [2.45, 2.75) is 38.0 Å². The summed E-state index contributed by atoms with van der Waals surface area (Å²) >= 11 is 0. The van der Waals surface area contributed by atoms with Gasteiger partial charge in [0.05, 0.1) is 6.26 Å². The summed E-state index contributed by atoms with van der Waals surface area (Å²) in [4.78, 5) is 24.5. The molecule has 0 spiro atoms. The predicted octanol–water partition coefficient (Wildman–Crippen LogP) is -1.12. The van der Waals surface area contributed by atoms with Crippen LogP contribution in [-0.4, -0.2) is 68.5 Å². The van der Waals surface area contributed by atoms with E-state index in [-0.39, 0.29) is 13.0 Å². The number of hydrogen-bond donors (Lipinski definition) is 1. The fourth-order valence-electron chi connectivity index (χ4n) is 2.03. The fourth-order valence-corrected chi connectivity index (χ4v) is 2.65. The Bertz CT molecular complexity index is 475. The first-order valence-corrected chi connectivity index (χ1v) is 7.98. The molecular formula is C11H19NO7S. The molecule has 1 saturated heterocycles. The summed E-state index contributed by atoms with van der Waals surface area (Å²) < 4.78 is 31.4.